The van der Waals surface area contributed by atoms with Crippen molar-refractivity contribution in [2.45, 2.75) is 19.0 Å². The van der Waals surface area contributed by atoms with Crippen molar-refractivity contribution in [3.63, 3.8) is 0 Å². The molecule has 1 saturated heterocycles. The van der Waals surface area contributed by atoms with E-state index in [1.54, 1.807) is 48.4 Å². The molecule has 4 rings (SSSR count). The summed E-state index contributed by atoms with van der Waals surface area (Å²) >= 11 is 11.7. The number of hydrogen-bond acceptors (Lipinski definition) is 4. The minimum atomic E-state index is -0.737. The van der Waals surface area contributed by atoms with Crippen molar-refractivity contribution in [2.24, 2.45) is 0 Å². The number of carbonyl (C=O) groups is 2. The molecule has 0 aliphatic carbocycles. The molecule has 0 aromatic heterocycles. The van der Waals surface area contributed by atoms with Crippen LogP contribution < -0.4 is 15.0 Å². The van der Waals surface area contributed by atoms with Crippen LogP contribution in [0.5, 0.6) is 5.75 Å². The molecular formula is C25H22ClN3O3S. The SMILES string of the molecule is COc1ccc(CN2C(=S)N(c3ccc(Cl)cc3)C(=O)[C@@H]2CC(=O)Nc2ccccc2)cc1. The molecular weight excluding hydrogens is 458 g/mol. The van der Waals surface area contributed by atoms with Crippen LogP contribution in [0.3, 0.4) is 0 Å². The van der Waals surface area contributed by atoms with Gasteiger partial charge in [0, 0.05) is 17.3 Å². The van der Waals surface area contributed by atoms with Crippen molar-refractivity contribution in [1.82, 2.24) is 4.90 Å². The van der Waals surface area contributed by atoms with E-state index in [1.807, 2.05) is 42.5 Å². The Balaban J connectivity index is 1.60. The number of anilines is 2. The molecule has 0 radical (unpaired) electrons. The van der Waals surface area contributed by atoms with E-state index in [1.165, 1.54) is 4.90 Å². The number of rotatable bonds is 7. The predicted molar refractivity (Wildman–Crippen MR) is 134 cm³/mol. The second-order valence-corrected chi connectivity index (χ2v) is 8.34. The van der Waals surface area contributed by atoms with Gasteiger partial charge in [0.25, 0.3) is 5.91 Å². The van der Waals surface area contributed by atoms with Gasteiger partial charge in [0.2, 0.25) is 5.91 Å². The van der Waals surface area contributed by atoms with Gasteiger partial charge in [-0.05, 0) is 66.3 Å². The van der Waals surface area contributed by atoms with E-state index in [0.717, 1.165) is 11.3 Å². The first kappa shape index (κ1) is 22.8. The second-order valence-electron chi connectivity index (χ2n) is 7.54. The normalized spacial score (nSPS) is 15.6. The molecule has 0 saturated carbocycles. The number of nitrogens with one attached hydrogen (secondary N) is 1. The summed E-state index contributed by atoms with van der Waals surface area (Å²) in [6, 6.07) is 22.8. The van der Waals surface area contributed by atoms with Gasteiger partial charge in [-0.15, -0.1) is 0 Å². The number of hydrogen-bond donors (Lipinski definition) is 1. The lowest BCUT2D eigenvalue weighted by Gasteiger charge is -2.24. The van der Waals surface area contributed by atoms with Crippen LogP contribution in [0.4, 0.5) is 11.4 Å². The van der Waals surface area contributed by atoms with E-state index in [-0.39, 0.29) is 18.2 Å². The van der Waals surface area contributed by atoms with Crippen LogP contribution in [-0.2, 0) is 16.1 Å². The van der Waals surface area contributed by atoms with Crippen LogP contribution in [0.2, 0.25) is 5.02 Å². The third-order valence-corrected chi connectivity index (χ3v) is 6.02. The van der Waals surface area contributed by atoms with Crippen LogP contribution in [0.1, 0.15) is 12.0 Å². The highest BCUT2D eigenvalue weighted by Gasteiger charge is 2.44. The highest BCUT2D eigenvalue weighted by atomic mass is 35.5. The Labute approximate surface area is 202 Å². The number of benzene rings is 3. The summed E-state index contributed by atoms with van der Waals surface area (Å²) < 4.78 is 5.23. The highest BCUT2D eigenvalue weighted by Crippen LogP contribution is 2.30. The lowest BCUT2D eigenvalue weighted by molar-refractivity contribution is -0.124. The fraction of sp³-hybridized carbons (Fsp3) is 0.160. The molecule has 6 nitrogen and oxygen atoms in total. The quantitative estimate of drug-likeness (QED) is 0.489. The van der Waals surface area contributed by atoms with E-state index in [4.69, 9.17) is 28.6 Å². The van der Waals surface area contributed by atoms with Crippen molar-refractivity contribution in [2.75, 3.05) is 17.3 Å². The van der Waals surface area contributed by atoms with Gasteiger partial charge in [0.1, 0.15) is 11.8 Å². The summed E-state index contributed by atoms with van der Waals surface area (Å²) in [6.45, 7) is 0.377. The zero-order valence-electron chi connectivity index (χ0n) is 17.9. The van der Waals surface area contributed by atoms with Gasteiger partial charge in [0.15, 0.2) is 5.11 Å². The Hall–Kier alpha value is -3.42. The zero-order valence-corrected chi connectivity index (χ0v) is 19.5. The van der Waals surface area contributed by atoms with Crippen molar-refractivity contribution < 1.29 is 14.3 Å². The van der Waals surface area contributed by atoms with Crippen molar-refractivity contribution in [3.8, 4) is 5.75 Å². The van der Waals surface area contributed by atoms with Gasteiger partial charge in [-0.2, -0.15) is 0 Å². The third-order valence-electron chi connectivity index (χ3n) is 5.35. The van der Waals surface area contributed by atoms with Gasteiger partial charge < -0.3 is 15.0 Å². The Morgan fingerprint density at radius 3 is 2.33 bits per heavy atom. The smallest absolute Gasteiger partial charge is 0.256 e. The van der Waals surface area contributed by atoms with E-state index in [2.05, 4.69) is 5.32 Å². The molecule has 1 heterocycles. The van der Waals surface area contributed by atoms with E-state index < -0.39 is 6.04 Å². The topological polar surface area (TPSA) is 61.9 Å². The monoisotopic (exact) mass is 479 g/mol. The van der Waals surface area contributed by atoms with Gasteiger partial charge in [-0.3, -0.25) is 14.5 Å². The van der Waals surface area contributed by atoms with Crippen molar-refractivity contribution >= 4 is 52.1 Å². The summed E-state index contributed by atoms with van der Waals surface area (Å²) in [5, 5.41) is 3.76. The molecule has 3 aromatic rings. The van der Waals surface area contributed by atoms with Crippen LogP contribution in [0, 0.1) is 0 Å². The summed E-state index contributed by atoms with van der Waals surface area (Å²) in [5.74, 6) is 0.222. The van der Waals surface area contributed by atoms with Gasteiger partial charge >= 0.3 is 0 Å². The molecule has 0 spiro atoms. The number of amides is 2. The zero-order chi connectivity index (χ0) is 23.4. The van der Waals surface area contributed by atoms with E-state index >= 15 is 0 Å². The van der Waals surface area contributed by atoms with Crippen LogP contribution in [-0.4, -0.2) is 35.0 Å². The molecule has 2 amide bonds. The summed E-state index contributed by atoms with van der Waals surface area (Å²) in [5.41, 5.74) is 2.23. The van der Waals surface area contributed by atoms with E-state index in [9.17, 15) is 9.59 Å². The molecule has 168 valence electrons. The Morgan fingerprint density at radius 1 is 1.03 bits per heavy atom. The number of thiocarbonyl (C=S) groups is 1. The third kappa shape index (κ3) is 5.16. The average Bonchev–Trinajstić information content (AvgIpc) is 3.05. The maximum Gasteiger partial charge on any atom is 0.256 e. The number of carbonyl (C=O) groups excluding carboxylic acids is 2. The number of halogens is 1. The summed E-state index contributed by atoms with van der Waals surface area (Å²) in [7, 11) is 1.61. The number of para-hydroxylation sites is 1. The molecule has 1 aliphatic rings. The Bertz CT molecular complexity index is 1150. The highest BCUT2D eigenvalue weighted by molar-refractivity contribution is 7.80. The lowest BCUT2D eigenvalue weighted by atomic mass is 10.1. The largest absolute Gasteiger partial charge is 0.497 e. The molecule has 33 heavy (non-hydrogen) atoms. The van der Waals surface area contributed by atoms with Gasteiger partial charge in [0.05, 0.1) is 19.2 Å². The first-order chi connectivity index (χ1) is 16.0. The molecule has 1 fully saturated rings. The molecule has 1 atom stereocenters. The maximum atomic E-state index is 13.5. The summed E-state index contributed by atoms with van der Waals surface area (Å²) in [4.78, 5) is 29.5. The number of ether oxygens (including phenoxy) is 1. The fourth-order valence-corrected chi connectivity index (χ4v) is 4.19. The first-order valence-electron chi connectivity index (χ1n) is 10.3. The fourth-order valence-electron chi connectivity index (χ4n) is 3.68. The molecule has 1 aliphatic heterocycles. The molecule has 1 N–H and O–H groups in total. The maximum absolute atomic E-state index is 13.5. The second kappa shape index (κ2) is 10.0. The van der Waals surface area contributed by atoms with Gasteiger partial charge in [-0.25, -0.2) is 0 Å². The van der Waals surface area contributed by atoms with Gasteiger partial charge in [-0.1, -0.05) is 41.9 Å². The van der Waals surface area contributed by atoms with Crippen LogP contribution in [0.15, 0.2) is 78.9 Å². The van der Waals surface area contributed by atoms with Crippen LogP contribution >= 0.6 is 23.8 Å². The Morgan fingerprint density at radius 2 is 1.70 bits per heavy atom. The summed E-state index contributed by atoms with van der Waals surface area (Å²) in [6.07, 6.45) is -0.0336. The standard InChI is InChI=1S/C25H22ClN3O3S/c1-32-21-13-7-17(8-14-21)16-28-22(15-23(30)27-19-5-3-2-4-6-19)24(31)29(25(28)33)20-11-9-18(26)10-12-20/h2-14,22H,15-16H2,1H3,(H,27,30)/t22-/m0/s1. The lowest BCUT2D eigenvalue weighted by Crippen LogP contribution is -2.37. The Kier molecular flexibility index (Phi) is 6.91. The molecule has 8 heteroatoms. The molecule has 0 unspecified atom stereocenters. The molecule has 3 aromatic carbocycles. The number of nitrogens with zero attached hydrogens (tertiary/aromatic N) is 2. The minimum absolute atomic E-state index is 0.0336. The van der Waals surface area contributed by atoms with Crippen LogP contribution in [0.25, 0.3) is 0 Å². The first-order valence-corrected chi connectivity index (χ1v) is 11.1. The van der Waals surface area contributed by atoms with Crippen molar-refractivity contribution in [1.29, 1.82) is 0 Å². The minimum Gasteiger partial charge on any atom is -0.497 e. The average molecular weight is 480 g/mol. The number of methoxy groups -OCH3 is 1. The predicted octanol–water partition coefficient (Wildman–Crippen LogP) is 4.88. The van der Waals surface area contributed by atoms with E-state index in [0.29, 0.717) is 28.1 Å². The molecule has 0 bridgehead atoms. The van der Waals surface area contributed by atoms with Crippen molar-refractivity contribution in [3.05, 3.63) is 89.4 Å².